The zero-order valence-electron chi connectivity index (χ0n) is 14.4. The van der Waals surface area contributed by atoms with Gasteiger partial charge in [0.25, 0.3) is 0 Å². The van der Waals surface area contributed by atoms with Crippen LogP contribution in [-0.4, -0.2) is 27.9 Å². The Hall–Kier alpha value is -2.04. The van der Waals surface area contributed by atoms with Gasteiger partial charge in [-0.2, -0.15) is 0 Å². The number of aliphatic hydroxyl groups is 1. The number of aliphatic hydroxyl groups excluding tert-OH is 1. The van der Waals surface area contributed by atoms with E-state index in [1.807, 2.05) is 43.3 Å². The standard InChI is InChI=1S/C20H23ClN2O2/c1-15-14-16(9-10-17(15)21)25-13-5-11-23-19-7-3-2-6-18(19)22-20(23)8-4-12-24/h2-3,6-7,9-10,14,24H,4-5,8,11-13H2,1H3. The van der Waals surface area contributed by atoms with Gasteiger partial charge in [-0.15, -0.1) is 0 Å². The summed E-state index contributed by atoms with van der Waals surface area (Å²) in [6.45, 7) is 3.63. The SMILES string of the molecule is Cc1cc(OCCCn2c(CCCO)nc3ccccc32)ccc1Cl. The van der Waals surface area contributed by atoms with E-state index < -0.39 is 0 Å². The Bertz CT molecular complexity index is 845. The summed E-state index contributed by atoms with van der Waals surface area (Å²) in [4.78, 5) is 4.70. The van der Waals surface area contributed by atoms with Crippen LogP contribution in [0, 0.1) is 6.92 Å². The summed E-state index contributed by atoms with van der Waals surface area (Å²) in [6.07, 6.45) is 2.39. The first-order valence-corrected chi connectivity index (χ1v) is 9.01. The van der Waals surface area contributed by atoms with Crippen molar-refractivity contribution in [2.75, 3.05) is 13.2 Å². The van der Waals surface area contributed by atoms with E-state index in [-0.39, 0.29) is 6.61 Å². The van der Waals surface area contributed by atoms with Crippen LogP contribution in [0.4, 0.5) is 0 Å². The number of aromatic nitrogens is 2. The summed E-state index contributed by atoms with van der Waals surface area (Å²) >= 11 is 6.04. The van der Waals surface area contributed by atoms with Crippen molar-refractivity contribution in [1.29, 1.82) is 0 Å². The Balaban J connectivity index is 1.64. The number of aryl methyl sites for hydroxylation is 3. The van der Waals surface area contributed by atoms with Gasteiger partial charge in [0.1, 0.15) is 11.6 Å². The lowest BCUT2D eigenvalue weighted by atomic mass is 10.2. The maximum absolute atomic E-state index is 9.11. The Morgan fingerprint density at radius 2 is 2.00 bits per heavy atom. The van der Waals surface area contributed by atoms with Gasteiger partial charge in [-0.05, 0) is 55.7 Å². The van der Waals surface area contributed by atoms with Crippen molar-refractivity contribution in [2.45, 2.75) is 32.7 Å². The average molecular weight is 359 g/mol. The predicted molar refractivity (Wildman–Crippen MR) is 101 cm³/mol. The number of hydrogen-bond acceptors (Lipinski definition) is 3. The summed E-state index contributed by atoms with van der Waals surface area (Å²) in [5.74, 6) is 1.87. The molecule has 0 aliphatic carbocycles. The van der Waals surface area contributed by atoms with E-state index in [4.69, 9.17) is 26.4 Å². The summed E-state index contributed by atoms with van der Waals surface area (Å²) in [6, 6.07) is 13.9. The molecule has 0 aliphatic rings. The lowest BCUT2D eigenvalue weighted by molar-refractivity contribution is 0.285. The van der Waals surface area contributed by atoms with E-state index in [0.717, 1.165) is 59.0 Å². The van der Waals surface area contributed by atoms with Crippen molar-refractivity contribution >= 4 is 22.6 Å². The van der Waals surface area contributed by atoms with Gasteiger partial charge in [0.15, 0.2) is 0 Å². The van der Waals surface area contributed by atoms with Crippen LogP contribution in [0.5, 0.6) is 5.75 Å². The summed E-state index contributed by atoms with van der Waals surface area (Å²) < 4.78 is 8.08. The summed E-state index contributed by atoms with van der Waals surface area (Å²) in [7, 11) is 0. The van der Waals surface area contributed by atoms with Crippen LogP contribution in [0.3, 0.4) is 0 Å². The smallest absolute Gasteiger partial charge is 0.119 e. The highest BCUT2D eigenvalue weighted by molar-refractivity contribution is 6.31. The third-order valence-corrected chi connectivity index (χ3v) is 4.64. The van der Waals surface area contributed by atoms with Gasteiger partial charge < -0.3 is 14.4 Å². The molecule has 1 heterocycles. The van der Waals surface area contributed by atoms with Crippen molar-refractivity contribution in [2.24, 2.45) is 0 Å². The minimum absolute atomic E-state index is 0.183. The van der Waals surface area contributed by atoms with E-state index in [0.29, 0.717) is 6.61 Å². The number of halogens is 1. The van der Waals surface area contributed by atoms with Crippen LogP contribution < -0.4 is 4.74 Å². The lowest BCUT2D eigenvalue weighted by Gasteiger charge is -2.11. The second kappa shape index (κ2) is 8.37. The Morgan fingerprint density at radius 3 is 2.80 bits per heavy atom. The molecule has 0 spiro atoms. The molecular weight excluding hydrogens is 336 g/mol. The molecule has 2 aromatic carbocycles. The molecule has 3 rings (SSSR count). The van der Waals surface area contributed by atoms with Gasteiger partial charge in [-0.1, -0.05) is 23.7 Å². The van der Waals surface area contributed by atoms with E-state index in [9.17, 15) is 0 Å². The molecule has 0 aliphatic heterocycles. The molecule has 25 heavy (non-hydrogen) atoms. The quantitative estimate of drug-likeness (QED) is 0.607. The monoisotopic (exact) mass is 358 g/mol. The predicted octanol–water partition coefficient (Wildman–Crippen LogP) is 4.39. The van der Waals surface area contributed by atoms with E-state index >= 15 is 0 Å². The average Bonchev–Trinajstić information content (AvgIpc) is 2.97. The lowest BCUT2D eigenvalue weighted by Crippen LogP contribution is -2.08. The van der Waals surface area contributed by atoms with Crippen molar-refractivity contribution < 1.29 is 9.84 Å². The highest BCUT2D eigenvalue weighted by Crippen LogP contribution is 2.21. The Kier molecular flexibility index (Phi) is 5.95. The van der Waals surface area contributed by atoms with Gasteiger partial charge in [-0.25, -0.2) is 4.98 Å². The number of imidazole rings is 1. The second-order valence-electron chi connectivity index (χ2n) is 6.11. The highest BCUT2D eigenvalue weighted by Gasteiger charge is 2.10. The molecule has 1 aromatic heterocycles. The van der Waals surface area contributed by atoms with Crippen molar-refractivity contribution in [3.05, 3.63) is 58.9 Å². The fourth-order valence-electron chi connectivity index (χ4n) is 2.92. The Morgan fingerprint density at radius 1 is 1.16 bits per heavy atom. The Labute approximate surface area is 153 Å². The van der Waals surface area contributed by atoms with Gasteiger partial charge in [0.2, 0.25) is 0 Å². The minimum atomic E-state index is 0.183. The molecule has 0 saturated carbocycles. The van der Waals surface area contributed by atoms with Crippen molar-refractivity contribution in [3.63, 3.8) is 0 Å². The fourth-order valence-corrected chi connectivity index (χ4v) is 3.04. The van der Waals surface area contributed by atoms with Crippen LogP contribution in [0.2, 0.25) is 5.02 Å². The molecule has 0 fully saturated rings. The van der Waals surface area contributed by atoms with Crippen molar-refractivity contribution in [3.8, 4) is 5.75 Å². The van der Waals surface area contributed by atoms with Gasteiger partial charge >= 0.3 is 0 Å². The molecule has 4 nitrogen and oxygen atoms in total. The van der Waals surface area contributed by atoms with Gasteiger partial charge in [0, 0.05) is 24.6 Å². The maximum Gasteiger partial charge on any atom is 0.119 e. The number of ether oxygens (including phenoxy) is 1. The molecule has 1 N–H and O–H groups in total. The number of rotatable bonds is 8. The van der Waals surface area contributed by atoms with Gasteiger partial charge in [0.05, 0.1) is 17.6 Å². The highest BCUT2D eigenvalue weighted by atomic mass is 35.5. The number of benzene rings is 2. The first kappa shape index (κ1) is 17.8. The van der Waals surface area contributed by atoms with E-state index in [1.54, 1.807) is 0 Å². The number of fused-ring (bicyclic) bond motifs is 1. The summed E-state index contributed by atoms with van der Waals surface area (Å²) in [5.41, 5.74) is 3.16. The third kappa shape index (κ3) is 4.33. The molecule has 0 saturated heterocycles. The molecule has 0 radical (unpaired) electrons. The molecule has 5 heteroatoms. The second-order valence-corrected chi connectivity index (χ2v) is 6.52. The number of nitrogens with zero attached hydrogens (tertiary/aromatic N) is 2. The van der Waals surface area contributed by atoms with Crippen LogP contribution in [-0.2, 0) is 13.0 Å². The number of para-hydroxylation sites is 2. The molecule has 0 amide bonds. The van der Waals surface area contributed by atoms with Crippen LogP contribution >= 0.6 is 11.6 Å². The van der Waals surface area contributed by atoms with Gasteiger partial charge in [-0.3, -0.25) is 0 Å². The molecule has 0 atom stereocenters. The molecule has 0 bridgehead atoms. The van der Waals surface area contributed by atoms with Crippen LogP contribution in [0.25, 0.3) is 11.0 Å². The molecular formula is C20H23ClN2O2. The molecule has 132 valence electrons. The van der Waals surface area contributed by atoms with Crippen LogP contribution in [0.1, 0.15) is 24.2 Å². The van der Waals surface area contributed by atoms with E-state index in [2.05, 4.69) is 10.6 Å². The number of hydrogen-bond donors (Lipinski definition) is 1. The zero-order chi connectivity index (χ0) is 17.6. The molecule has 3 aromatic rings. The topological polar surface area (TPSA) is 47.3 Å². The first-order valence-electron chi connectivity index (χ1n) is 8.63. The fraction of sp³-hybridized carbons (Fsp3) is 0.350. The zero-order valence-corrected chi connectivity index (χ0v) is 15.2. The normalized spacial score (nSPS) is 11.2. The largest absolute Gasteiger partial charge is 0.494 e. The maximum atomic E-state index is 9.11. The summed E-state index contributed by atoms with van der Waals surface area (Å²) in [5, 5.41) is 9.86. The van der Waals surface area contributed by atoms with E-state index in [1.165, 1.54) is 0 Å². The first-order chi connectivity index (χ1) is 12.2. The van der Waals surface area contributed by atoms with Crippen LogP contribution in [0.15, 0.2) is 42.5 Å². The third-order valence-electron chi connectivity index (χ3n) is 4.22. The molecule has 0 unspecified atom stereocenters. The minimum Gasteiger partial charge on any atom is -0.494 e. The van der Waals surface area contributed by atoms with Crippen molar-refractivity contribution in [1.82, 2.24) is 9.55 Å².